The minimum Gasteiger partial charge on any atom is -0.493 e. The van der Waals surface area contributed by atoms with E-state index in [4.69, 9.17) is 14.2 Å². The number of carbonyl (C=O) groups is 2. The lowest BCUT2D eigenvalue weighted by atomic mass is 9.95. The van der Waals surface area contributed by atoms with Gasteiger partial charge < -0.3 is 30.0 Å². The van der Waals surface area contributed by atoms with Crippen LogP contribution < -0.4 is 30.3 Å². The van der Waals surface area contributed by atoms with Gasteiger partial charge in [-0.3, -0.25) is 9.59 Å². The zero-order valence-corrected chi connectivity index (χ0v) is 21.6. The van der Waals surface area contributed by atoms with Crippen molar-refractivity contribution in [3.05, 3.63) is 45.6 Å². The van der Waals surface area contributed by atoms with Gasteiger partial charge in [0.25, 0.3) is 0 Å². The van der Waals surface area contributed by atoms with Crippen LogP contribution in [-0.4, -0.2) is 44.4 Å². The molecule has 0 bridgehead atoms. The van der Waals surface area contributed by atoms with E-state index < -0.39 is 18.1 Å². The van der Waals surface area contributed by atoms with Gasteiger partial charge in [-0.25, -0.2) is 4.79 Å². The zero-order chi connectivity index (χ0) is 26.6. The van der Waals surface area contributed by atoms with Crippen molar-refractivity contribution in [1.29, 1.82) is 0 Å². The van der Waals surface area contributed by atoms with Crippen molar-refractivity contribution >= 4 is 17.6 Å². The highest BCUT2D eigenvalue weighted by Crippen LogP contribution is 2.50. The molecule has 2 aromatic rings. The Labute approximate surface area is 210 Å². The maximum absolute atomic E-state index is 13.3. The van der Waals surface area contributed by atoms with Crippen LogP contribution in [0.25, 0.3) is 11.1 Å². The molecule has 0 aliphatic heterocycles. The monoisotopic (exact) mass is 498 g/mol. The number of carboxylic acid groups (broad SMARTS) is 1. The number of rotatable bonds is 9. The van der Waals surface area contributed by atoms with Gasteiger partial charge >= 0.3 is 5.97 Å². The summed E-state index contributed by atoms with van der Waals surface area (Å²) >= 11 is 0. The fraction of sp³-hybridized carbons (Fsp3) is 0.444. The van der Waals surface area contributed by atoms with E-state index in [-0.39, 0.29) is 22.9 Å². The number of hydrogen-bond acceptors (Lipinski definition) is 7. The van der Waals surface area contributed by atoms with Crippen LogP contribution >= 0.6 is 0 Å². The van der Waals surface area contributed by atoms with Crippen molar-refractivity contribution in [3.63, 3.8) is 0 Å². The van der Waals surface area contributed by atoms with Gasteiger partial charge in [0, 0.05) is 12.5 Å². The second-order valence-corrected chi connectivity index (χ2v) is 8.94. The van der Waals surface area contributed by atoms with Crippen LogP contribution in [-0.2, 0) is 16.0 Å². The van der Waals surface area contributed by atoms with Gasteiger partial charge in [0.15, 0.2) is 11.5 Å². The molecule has 1 aliphatic rings. The summed E-state index contributed by atoms with van der Waals surface area (Å²) in [5, 5.41) is 15.6. The molecule has 0 heterocycles. The Hall–Kier alpha value is -3.75. The molecule has 1 amide bonds. The summed E-state index contributed by atoms with van der Waals surface area (Å²) < 4.78 is 16.9. The highest BCUT2D eigenvalue weighted by atomic mass is 16.5. The van der Waals surface area contributed by atoms with Crippen LogP contribution in [0.3, 0.4) is 0 Å². The average Bonchev–Trinajstić information content (AvgIpc) is 3.09. The SMILES string of the molecule is CC[C@H](C)[C@H](Nc1ccc2c(cc1=O)[C@H](NC(C)=O)CCc1cc(OC)c(OC)c(OC)c1-2)C(=O)O. The maximum Gasteiger partial charge on any atom is 0.326 e. The molecule has 0 saturated heterocycles. The van der Waals surface area contributed by atoms with Crippen molar-refractivity contribution < 1.29 is 28.9 Å². The first-order valence-corrected chi connectivity index (χ1v) is 11.9. The number of aliphatic carboxylic acids is 1. The number of anilines is 1. The third kappa shape index (κ3) is 5.24. The van der Waals surface area contributed by atoms with Gasteiger partial charge in [-0.05, 0) is 53.6 Å². The van der Waals surface area contributed by atoms with Crippen LogP contribution in [0.2, 0.25) is 0 Å². The van der Waals surface area contributed by atoms with Crippen molar-refractivity contribution in [2.24, 2.45) is 5.92 Å². The number of amides is 1. The number of fused-ring (bicyclic) bond motifs is 3. The van der Waals surface area contributed by atoms with Crippen LogP contribution in [0, 0.1) is 5.92 Å². The molecule has 0 unspecified atom stereocenters. The Bertz CT molecular complexity index is 1210. The summed E-state index contributed by atoms with van der Waals surface area (Å²) in [4.78, 5) is 37.3. The van der Waals surface area contributed by atoms with E-state index in [0.29, 0.717) is 47.6 Å². The van der Waals surface area contributed by atoms with Gasteiger partial charge in [0.2, 0.25) is 17.1 Å². The molecular formula is C27H34N2O7. The molecule has 3 rings (SSSR count). The van der Waals surface area contributed by atoms with Crippen molar-refractivity contribution in [3.8, 4) is 28.4 Å². The van der Waals surface area contributed by atoms with E-state index in [0.717, 1.165) is 11.1 Å². The first kappa shape index (κ1) is 26.8. The summed E-state index contributed by atoms with van der Waals surface area (Å²) in [7, 11) is 4.60. The van der Waals surface area contributed by atoms with Gasteiger partial charge in [-0.2, -0.15) is 0 Å². The molecule has 0 radical (unpaired) electrons. The second kappa shape index (κ2) is 11.3. The standard InChI is InChI=1S/C27H34N2O7/c1-7-14(2)24(27(32)33)29-20-11-9-17-18(13-21(20)31)19(28-15(3)30)10-8-16-12-22(34-4)25(35-5)26(36-6)23(16)17/h9,11-14,19,24H,7-8,10H2,1-6H3,(H,28,30)(H,29,31)(H,32,33)/t14-,19+,24-/m0/s1. The van der Waals surface area contributed by atoms with Crippen LogP contribution in [0.5, 0.6) is 17.2 Å². The third-order valence-corrected chi connectivity index (χ3v) is 6.71. The first-order chi connectivity index (χ1) is 17.2. The van der Waals surface area contributed by atoms with E-state index >= 15 is 0 Å². The zero-order valence-electron chi connectivity index (χ0n) is 21.6. The van der Waals surface area contributed by atoms with Gasteiger partial charge in [0.05, 0.1) is 33.1 Å². The number of ether oxygens (including phenoxy) is 3. The van der Waals surface area contributed by atoms with E-state index in [1.54, 1.807) is 19.2 Å². The lowest BCUT2D eigenvalue weighted by Gasteiger charge is -2.20. The van der Waals surface area contributed by atoms with Gasteiger partial charge in [-0.1, -0.05) is 26.3 Å². The fourth-order valence-electron chi connectivity index (χ4n) is 4.68. The van der Waals surface area contributed by atoms with Crippen molar-refractivity contribution in [1.82, 2.24) is 5.32 Å². The average molecular weight is 499 g/mol. The van der Waals surface area contributed by atoms with Crippen LogP contribution in [0.4, 0.5) is 5.69 Å². The summed E-state index contributed by atoms with van der Waals surface area (Å²) in [6.45, 7) is 5.15. The van der Waals surface area contributed by atoms with Gasteiger partial charge in [-0.15, -0.1) is 0 Å². The maximum atomic E-state index is 13.3. The molecule has 3 N–H and O–H groups in total. The fourth-order valence-corrected chi connectivity index (χ4v) is 4.68. The second-order valence-electron chi connectivity index (χ2n) is 8.94. The molecule has 9 nitrogen and oxygen atoms in total. The number of benzene rings is 1. The van der Waals surface area contributed by atoms with E-state index in [2.05, 4.69) is 10.6 Å². The smallest absolute Gasteiger partial charge is 0.326 e. The molecule has 9 heteroatoms. The number of aryl methyl sites for hydroxylation is 1. The van der Waals surface area contributed by atoms with E-state index in [1.807, 2.05) is 19.9 Å². The molecule has 2 aromatic carbocycles. The van der Waals surface area contributed by atoms with Crippen molar-refractivity contribution in [2.75, 3.05) is 26.6 Å². The first-order valence-electron chi connectivity index (χ1n) is 11.9. The number of carboxylic acids is 1. The summed E-state index contributed by atoms with van der Waals surface area (Å²) in [6, 6.07) is 5.34. The Balaban J connectivity index is 2.32. The highest BCUT2D eigenvalue weighted by Gasteiger charge is 2.30. The molecule has 194 valence electrons. The predicted octanol–water partition coefficient (Wildman–Crippen LogP) is 3.77. The molecule has 36 heavy (non-hydrogen) atoms. The Kier molecular flexibility index (Phi) is 8.45. The summed E-state index contributed by atoms with van der Waals surface area (Å²) in [6.07, 6.45) is 1.75. The lowest BCUT2D eigenvalue weighted by Crippen LogP contribution is -2.36. The van der Waals surface area contributed by atoms with Crippen LogP contribution in [0.15, 0.2) is 29.1 Å². The highest BCUT2D eigenvalue weighted by molar-refractivity contribution is 5.84. The number of hydrogen-bond donors (Lipinski definition) is 3. The number of methoxy groups -OCH3 is 3. The molecule has 1 aliphatic carbocycles. The molecule has 0 aromatic heterocycles. The molecular weight excluding hydrogens is 464 g/mol. The number of carbonyl (C=O) groups excluding carboxylic acids is 1. The largest absolute Gasteiger partial charge is 0.493 e. The number of nitrogens with one attached hydrogen (secondary N) is 2. The Morgan fingerprint density at radius 1 is 1.11 bits per heavy atom. The Morgan fingerprint density at radius 3 is 2.36 bits per heavy atom. The quantitative estimate of drug-likeness (QED) is 0.477. The van der Waals surface area contributed by atoms with E-state index in [9.17, 15) is 19.5 Å². The summed E-state index contributed by atoms with van der Waals surface area (Å²) in [5.41, 5.74) is 2.73. The minimum absolute atomic E-state index is 0.165. The minimum atomic E-state index is -1.03. The molecule has 0 spiro atoms. The summed E-state index contributed by atoms with van der Waals surface area (Å²) in [5.74, 6) is -0.0752. The Morgan fingerprint density at radius 2 is 1.81 bits per heavy atom. The molecule has 0 saturated carbocycles. The van der Waals surface area contributed by atoms with Gasteiger partial charge in [0.1, 0.15) is 6.04 Å². The van der Waals surface area contributed by atoms with E-state index in [1.165, 1.54) is 27.2 Å². The predicted molar refractivity (Wildman–Crippen MR) is 137 cm³/mol. The normalized spacial score (nSPS) is 15.9. The molecule has 3 atom stereocenters. The van der Waals surface area contributed by atoms with Crippen molar-refractivity contribution in [2.45, 2.75) is 52.1 Å². The molecule has 0 fully saturated rings. The van der Waals surface area contributed by atoms with Crippen LogP contribution in [0.1, 0.15) is 50.8 Å². The lowest BCUT2D eigenvalue weighted by molar-refractivity contribution is -0.139. The topological polar surface area (TPSA) is 123 Å². The third-order valence-electron chi connectivity index (χ3n) is 6.71.